The van der Waals surface area contributed by atoms with Crippen LogP contribution in [0.1, 0.15) is 67.3 Å². The van der Waals surface area contributed by atoms with Crippen LogP contribution in [-0.4, -0.2) is 65.2 Å². The molecule has 2 aliphatic rings. The highest BCUT2D eigenvalue weighted by atomic mass is 16.5. The van der Waals surface area contributed by atoms with Crippen LogP contribution in [-0.2, 0) is 5.41 Å². The Morgan fingerprint density at radius 1 is 1.35 bits per heavy atom. The van der Waals surface area contributed by atoms with E-state index >= 15 is 0 Å². The molecule has 3 N–H and O–H groups in total. The number of aliphatic hydroxyl groups is 2. The average Bonchev–Trinajstić information content (AvgIpc) is 3.39. The number of rotatable bonds is 11. The van der Waals surface area contributed by atoms with Gasteiger partial charge in [0.25, 0.3) is 11.9 Å². The molecule has 1 amide bonds. The minimum atomic E-state index is -0.957. The third-order valence-corrected chi connectivity index (χ3v) is 7.01. The highest BCUT2D eigenvalue weighted by Gasteiger charge is 2.45. The molecule has 2 heterocycles. The summed E-state index contributed by atoms with van der Waals surface area (Å²) in [6.45, 7) is 6.22. The minimum Gasteiger partial charge on any atom is -0.494 e. The molecule has 0 unspecified atom stereocenters. The second-order valence-corrected chi connectivity index (χ2v) is 9.90. The van der Waals surface area contributed by atoms with Crippen LogP contribution in [0.5, 0.6) is 5.75 Å². The number of aromatic nitrogens is 2. The van der Waals surface area contributed by atoms with Crippen LogP contribution in [0.25, 0.3) is 0 Å². The second-order valence-electron chi connectivity index (χ2n) is 9.90. The zero-order chi connectivity index (χ0) is 24.1. The van der Waals surface area contributed by atoms with Crippen molar-refractivity contribution in [3.63, 3.8) is 0 Å². The molecule has 34 heavy (non-hydrogen) atoms. The number of anilines is 1. The van der Waals surface area contributed by atoms with Gasteiger partial charge in [0, 0.05) is 30.6 Å². The fourth-order valence-electron chi connectivity index (χ4n) is 4.33. The fraction of sp³-hybridized carbons (Fsp3) is 0.640. The van der Waals surface area contributed by atoms with E-state index < -0.39 is 6.10 Å². The Hall–Kier alpha value is -2.65. The number of hydrogen-bond donors (Lipinski definition) is 3. The molecule has 1 aromatic heterocycles. The number of hydrogen-bond acceptors (Lipinski definition) is 8. The molecule has 0 spiro atoms. The number of ether oxygens (including phenoxy) is 1. The molecule has 0 bridgehead atoms. The van der Waals surface area contributed by atoms with E-state index in [2.05, 4.69) is 27.3 Å². The molecule has 2 aromatic rings. The van der Waals surface area contributed by atoms with E-state index in [4.69, 9.17) is 14.4 Å². The Kier molecular flexibility index (Phi) is 7.73. The Morgan fingerprint density at radius 3 is 2.79 bits per heavy atom. The Bertz CT molecular complexity index is 966. The number of nitrogens with one attached hydrogen (secondary N) is 1. The summed E-state index contributed by atoms with van der Waals surface area (Å²) in [5.41, 5.74) is 1.45. The standard InChI is InChI=1S/C25H36N4O5/c1-17-14-20(5-6-21(17)22(32)26-15-19(31)16-30)33-13-3-4-18-7-11-29(12-8-18)24-27-23(34-28-24)25(2)9-10-25/h5-6,14,18-19,30-31H,3-4,7-13,15-16H2,1-2H3,(H,26,32)/t19-/m0/s1. The smallest absolute Gasteiger partial charge is 0.266 e. The van der Waals surface area contributed by atoms with E-state index in [9.17, 15) is 9.90 Å². The zero-order valence-electron chi connectivity index (χ0n) is 20.1. The second kappa shape index (κ2) is 10.7. The number of piperidine rings is 1. The van der Waals surface area contributed by atoms with E-state index in [0.29, 0.717) is 18.1 Å². The number of nitrogens with zero attached hydrogens (tertiary/aromatic N) is 3. The van der Waals surface area contributed by atoms with Gasteiger partial charge < -0.3 is 29.7 Å². The number of benzene rings is 1. The third-order valence-electron chi connectivity index (χ3n) is 7.01. The summed E-state index contributed by atoms with van der Waals surface area (Å²) in [5.74, 6) is 2.67. The number of carbonyl (C=O) groups is 1. The number of aryl methyl sites for hydroxylation is 1. The van der Waals surface area contributed by atoms with Crippen LogP contribution in [0.3, 0.4) is 0 Å². The van der Waals surface area contributed by atoms with E-state index in [1.807, 2.05) is 13.0 Å². The van der Waals surface area contributed by atoms with Crippen LogP contribution in [0, 0.1) is 12.8 Å². The summed E-state index contributed by atoms with van der Waals surface area (Å²) >= 11 is 0. The lowest BCUT2D eigenvalue weighted by atomic mass is 9.92. The van der Waals surface area contributed by atoms with Crippen LogP contribution >= 0.6 is 0 Å². The Labute approximate surface area is 200 Å². The summed E-state index contributed by atoms with van der Waals surface area (Å²) in [6, 6.07) is 5.38. The molecule has 2 fully saturated rings. The maximum atomic E-state index is 12.2. The molecule has 1 aromatic carbocycles. The highest BCUT2D eigenvalue weighted by Crippen LogP contribution is 2.47. The molecule has 186 valence electrons. The molecule has 9 nitrogen and oxygen atoms in total. The van der Waals surface area contributed by atoms with Crippen molar-refractivity contribution in [2.45, 2.75) is 63.9 Å². The van der Waals surface area contributed by atoms with Gasteiger partial charge in [0.2, 0.25) is 5.89 Å². The van der Waals surface area contributed by atoms with Gasteiger partial charge >= 0.3 is 0 Å². The van der Waals surface area contributed by atoms with Crippen LogP contribution in [0.2, 0.25) is 0 Å². The molecule has 4 rings (SSSR count). The van der Waals surface area contributed by atoms with Crippen molar-refractivity contribution in [3.05, 3.63) is 35.2 Å². The van der Waals surface area contributed by atoms with Crippen LogP contribution in [0.15, 0.2) is 22.7 Å². The first-order valence-electron chi connectivity index (χ1n) is 12.3. The molecular weight excluding hydrogens is 436 g/mol. The van der Waals surface area contributed by atoms with Gasteiger partial charge in [0.1, 0.15) is 5.75 Å². The first-order chi connectivity index (χ1) is 16.4. The normalized spacial score (nSPS) is 18.5. The van der Waals surface area contributed by atoms with Gasteiger partial charge in [-0.2, -0.15) is 4.98 Å². The minimum absolute atomic E-state index is 0.0154. The lowest BCUT2D eigenvalue weighted by molar-refractivity contribution is 0.0801. The van der Waals surface area contributed by atoms with Crippen molar-refractivity contribution < 1.29 is 24.3 Å². The van der Waals surface area contributed by atoms with Gasteiger partial charge in [0.15, 0.2) is 0 Å². The van der Waals surface area contributed by atoms with Crippen molar-refractivity contribution in [2.24, 2.45) is 5.92 Å². The summed E-state index contributed by atoms with van der Waals surface area (Å²) < 4.78 is 11.4. The Morgan fingerprint density at radius 2 is 2.12 bits per heavy atom. The predicted octanol–water partition coefficient (Wildman–Crippen LogP) is 2.59. The van der Waals surface area contributed by atoms with Crippen LogP contribution < -0.4 is 15.0 Å². The van der Waals surface area contributed by atoms with Gasteiger partial charge in [-0.25, -0.2) is 0 Å². The summed E-state index contributed by atoms with van der Waals surface area (Å²) in [5, 5.41) is 25.0. The van der Waals surface area contributed by atoms with Crippen molar-refractivity contribution in [1.29, 1.82) is 0 Å². The molecule has 1 aliphatic heterocycles. The summed E-state index contributed by atoms with van der Waals surface area (Å²) in [7, 11) is 0. The van der Waals surface area contributed by atoms with Gasteiger partial charge in [-0.05, 0) is 80.3 Å². The maximum absolute atomic E-state index is 12.2. The average molecular weight is 473 g/mol. The lowest BCUT2D eigenvalue weighted by Crippen LogP contribution is -2.34. The molecule has 1 aliphatic carbocycles. The Balaban J connectivity index is 1.15. The molecule has 1 saturated heterocycles. The van der Waals surface area contributed by atoms with Gasteiger partial charge in [0.05, 0.1) is 19.3 Å². The summed E-state index contributed by atoms with van der Waals surface area (Å²) in [4.78, 5) is 19.1. The van der Waals surface area contributed by atoms with E-state index in [1.54, 1.807) is 12.1 Å². The summed E-state index contributed by atoms with van der Waals surface area (Å²) in [6.07, 6.45) is 5.65. The topological polar surface area (TPSA) is 121 Å². The van der Waals surface area contributed by atoms with Crippen molar-refractivity contribution >= 4 is 11.9 Å². The molecular formula is C25H36N4O5. The van der Waals surface area contributed by atoms with Gasteiger partial charge in [-0.15, -0.1) is 0 Å². The van der Waals surface area contributed by atoms with Gasteiger partial charge in [-0.1, -0.05) is 6.92 Å². The van der Waals surface area contributed by atoms with Crippen LogP contribution in [0.4, 0.5) is 5.95 Å². The molecule has 1 saturated carbocycles. The number of amides is 1. The highest BCUT2D eigenvalue weighted by molar-refractivity contribution is 5.95. The molecule has 1 atom stereocenters. The fourth-order valence-corrected chi connectivity index (χ4v) is 4.33. The quantitative estimate of drug-likeness (QED) is 0.427. The lowest BCUT2D eigenvalue weighted by Gasteiger charge is -2.30. The first-order valence-corrected chi connectivity index (χ1v) is 12.3. The third kappa shape index (κ3) is 6.07. The number of aliphatic hydroxyl groups excluding tert-OH is 2. The van der Waals surface area contributed by atoms with E-state index in [0.717, 1.165) is 74.8 Å². The molecule has 0 radical (unpaired) electrons. The molecule has 9 heteroatoms. The van der Waals surface area contributed by atoms with E-state index in [-0.39, 0.29) is 24.5 Å². The van der Waals surface area contributed by atoms with Gasteiger partial charge in [-0.3, -0.25) is 4.79 Å². The largest absolute Gasteiger partial charge is 0.494 e. The first kappa shape index (κ1) is 24.5. The number of carbonyl (C=O) groups excluding carboxylic acids is 1. The maximum Gasteiger partial charge on any atom is 0.266 e. The van der Waals surface area contributed by atoms with Crippen molar-refractivity contribution in [1.82, 2.24) is 15.5 Å². The predicted molar refractivity (Wildman–Crippen MR) is 127 cm³/mol. The van der Waals surface area contributed by atoms with Crippen molar-refractivity contribution in [3.8, 4) is 5.75 Å². The SMILES string of the molecule is Cc1cc(OCCCC2CCN(c3noc(C4(C)CC4)n3)CC2)ccc1C(=O)NC[C@H](O)CO. The zero-order valence-corrected chi connectivity index (χ0v) is 20.1. The monoisotopic (exact) mass is 472 g/mol. The van der Waals surface area contributed by atoms with E-state index in [1.165, 1.54) is 0 Å². The van der Waals surface area contributed by atoms with Crippen molar-refractivity contribution in [2.75, 3.05) is 37.7 Å².